The van der Waals surface area contributed by atoms with Crippen molar-refractivity contribution in [1.29, 1.82) is 0 Å². The predicted octanol–water partition coefficient (Wildman–Crippen LogP) is 1.01. The number of carbonyl (C=O) groups excluding carboxylic acids is 1. The van der Waals surface area contributed by atoms with Gasteiger partial charge in [-0.05, 0) is 25.5 Å². The van der Waals surface area contributed by atoms with E-state index in [-0.39, 0.29) is 23.9 Å². The zero-order valence-electron chi connectivity index (χ0n) is 16.7. The zero-order valence-corrected chi connectivity index (χ0v) is 17.6. The summed E-state index contributed by atoms with van der Waals surface area (Å²) in [5, 5.41) is 3.73. The Hall–Kier alpha value is -2.66. The Morgan fingerprint density at radius 2 is 1.83 bits per heavy atom. The molecule has 0 spiro atoms. The molecule has 0 radical (unpaired) electrons. The van der Waals surface area contributed by atoms with Gasteiger partial charge < -0.3 is 18.9 Å². The molecule has 10 nitrogen and oxygen atoms in total. The van der Waals surface area contributed by atoms with Crippen LogP contribution in [-0.4, -0.2) is 73.1 Å². The number of piperazine rings is 1. The number of nitrogens with zero attached hydrogens (tertiary/aromatic N) is 4. The quantitative estimate of drug-likeness (QED) is 0.659. The van der Waals surface area contributed by atoms with Crippen molar-refractivity contribution in [3.63, 3.8) is 0 Å². The average molecular weight is 436 g/mol. The summed E-state index contributed by atoms with van der Waals surface area (Å²) in [5.41, 5.74) is 0. The molecular formula is C19H24N4O6S. The highest BCUT2D eigenvalue weighted by molar-refractivity contribution is 7.89. The summed E-state index contributed by atoms with van der Waals surface area (Å²) in [6.45, 7) is 3.82. The third-order valence-corrected chi connectivity index (χ3v) is 6.99. The summed E-state index contributed by atoms with van der Waals surface area (Å²) in [6.07, 6.45) is 1.51. The summed E-state index contributed by atoms with van der Waals surface area (Å²) < 4.78 is 43.4. The first-order valence-electron chi connectivity index (χ1n) is 9.90. The van der Waals surface area contributed by atoms with Crippen LogP contribution in [0.1, 0.15) is 24.6 Å². The first-order chi connectivity index (χ1) is 14.4. The Morgan fingerprint density at radius 1 is 1.10 bits per heavy atom. The van der Waals surface area contributed by atoms with Crippen LogP contribution in [0.5, 0.6) is 11.5 Å². The predicted molar refractivity (Wildman–Crippen MR) is 105 cm³/mol. The molecule has 1 fully saturated rings. The number of benzene rings is 1. The monoisotopic (exact) mass is 436 g/mol. The van der Waals surface area contributed by atoms with Crippen molar-refractivity contribution < 1.29 is 27.2 Å². The highest BCUT2D eigenvalue weighted by Gasteiger charge is 2.31. The van der Waals surface area contributed by atoms with Crippen LogP contribution in [0.15, 0.2) is 27.6 Å². The molecule has 0 aliphatic carbocycles. The number of fused-ring (bicyclic) bond motifs is 1. The average Bonchev–Trinajstić information content (AvgIpc) is 3.18. The highest BCUT2D eigenvalue weighted by Crippen LogP contribution is 2.33. The second-order valence-electron chi connectivity index (χ2n) is 7.18. The SMILES string of the molecule is Cc1noc(CCCC(=O)N2CCN(S(=O)(=O)c3ccc4c(c3)OCCO4)CC2)n1. The molecule has 2 aromatic rings. The molecule has 1 saturated heterocycles. The fraction of sp³-hybridized carbons (Fsp3) is 0.526. The molecule has 0 saturated carbocycles. The fourth-order valence-corrected chi connectivity index (χ4v) is 4.94. The number of aromatic nitrogens is 2. The van der Waals surface area contributed by atoms with Crippen LogP contribution in [0.2, 0.25) is 0 Å². The van der Waals surface area contributed by atoms with Gasteiger partial charge in [0.1, 0.15) is 13.2 Å². The van der Waals surface area contributed by atoms with E-state index in [2.05, 4.69) is 10.1 Å². The van der Waals surface area contributed by atoms with E-state index in [0.717, 1.165) is 0 Å². The van der Waals surface area contributed by atoms with Crippen molar-refractivity contribution in [2.24, 2.45) is 0 Å². The van der Waals surface area contributed by atoms with E-state index < -0.39 is 10.0 Å². The van der Waals surface area contributed by atoms with Gasteiger partial charge in [0.15, 0.2) is 17.3 Å². The number of sulfonamides is 1. The number of ether oxygens (including phenoxy) is 2. The lowest BCUT2D eigenvalue weighted by Crippen LogP contribution is -2.50. The van der Waals surface area contributed by atoms with Gasteiger partial charge in [0.05, 0.1) is 4.90 Å². The van der Waals surface area contributed by atoms with Gasteiger partial charge in [-0.1, -0.05) is 5.16 Å². The Kier molecular flexibility index (Phi) is 5.91. The van der Waals surface area contributed by atoms with E-state index >= 15 is 0 Å². The van der Waals surface area contributed by atoms with Gasteiger partial charge >= 0.3 is 0 Å². The fourth-order valence-electron chi connectivity index (χ4n) is 3.50. The van der Waals surface area contributed by atoms with Crippen molar-refractivity contribution in [1.82, 2.24) is 19.3 Å². The van der Waals surface area contributed by atoms with Gasteiger partial charge in [-0.25, -0.2) is 8.42 Å². The van der Waals surface area contributed by atoms with Crippen molar-refractivity contribution in [2.45, 2.75) is 31.1 Å². The zero-order chi connectivity index (χ0) is 21.1. The number of hydrogen-bond acceptors (Lipinski definition) is 8. The lowest BCUT2D eigenvalue weighted by atomic mass is 10.2. The molecule has 11 heteroatoms. The van der Waals surface area contributed by atoms with Gasteiger partial charge in [-0.3, -0.25) is 4.79 Å². The molecular weight excluding hydrogens is 412 g/mol. The molecule has 30 heavy (non-hydrogen) atoms. The van der Waals surface area contributed by atoms with Crippen molar-refractivity contribution in [3.8, 4) is 11.5 Å². The molecule has 1 amide bonds. The van der Waals surface area contributed by atoms with Gasteiger partial charge in [-0.2, -0.15) is 9.29 Å². The lowest BCUT2D eigenvalue weighted by Gasteiger charge is -2.34. The first kappa shape index (κ1) is 20.6. The Morgan fingerprint density at radius 3 is 2.53 bits per heavy atom. The minimum Gasteiger partial charge on any atom is -0.486 e. The number of aryl methyl sites for hydroxylation is 2. The molecule has 2 aliphatic rings. The lowest BCUT2D eigenvalue weighted by molar-refractivity contribution is -0.132. The molecule has 0 unspecified atom stereocenters. The maximum Gasteiger partial charge on any atom is 0.243 e. The minimum atomic E-state index is -3.66. The van der Waals surface area contributed by atoms with E-state index in [4.69, 9.17) is 14.0 Å². The second-order valence-corrected chi connectivity index (χ2v) is 9.12. The maximum atomic E-state index is 13.0. The third kappa shape index (κ3) is 4.41. The molecule has 3 heterocycles. The van der Waals surface area contributed by atoms with Crippen molar-refractivity contribution >= 4 is 15.9 Å². The highest BCUT2D eigenvalue weighted by atomic mass is 32.2. The third-order valence-electron chi connectivity index (χ3n) is 5.09. The molecule has 4 rings (SSSR count). The molecule has 1 aromatic carbocycles. The summed E-state index contributed by atoms with van der Waals surface area (Å²) >= 11 is 0. The second kappa shape index (κ2) is 8.60. The number of hydrogen-bond donors (Lipinski definition) is 0. The van der Waals surface area contributed by atoms with Gasteiger partial charge in [0, 0.05) is 45.1 Å². The van der Waals surface area contributed by atoms with Crippen LogP contribution in [0.3, 0.4) is 0 Å². The normalized spacial score (nSPS) is 17.2. The maximum absolute atomic E-state index is 13.0. The smallest absolute Gasteiger partial charge is 0.243 e. The van der Waals surface area contributed by atoms with Crippen LogP contribution in [-0.2, 0) is 21.2 Å². The van der Waals surface area contributed by atoms with E-state index in [0.29, 0.717) is 68.8 Å². The Bertz CT molecular complexity index is 1010. The topological polar surface area (TPSA) is 115 Å². The molecule has 0 N–H and O–H groups in total. The number of amides is 1. The van der Waals surface area contributed by atoms with E-state index in [1.54, 1.807) is 17.9 Å². The largest absolute Gasteiger partial charge is 0.486 e. The molecule has 0 atom stereocenters. The molecule has 1 aromatic heterocycles. The van der Waals surface area contributed by atoms with Crippen LogP contribution in [0.4, 0.5) is 0 Å². The van der Waals surface area contributed by atoms with Crippen molar-refractivity contribution in [3.05, 3.63) is 29.9 Å². The van der Waals surface area contributed by atoms with E-state index in [1.807, 2.05) is 0 Å². The summed E-state index contributed by atoms with van der Waals surface area (Å²) in [4.78, 5) is 18.4. The van der Waals surface area contributed by atoms with Gasteiger partial charge in [0.25, 0.3) is 0 Å². The summed E-state index contributed by atoms with van der Waals surface area (Å²) in [5.74, 6) is 2.09. The van der Waals surface area contributed by atoms with Crippen LogP contribution < -0.4 is 9.47 Å². The number of rotatable bonds is 6. The van der Waals surface area contributed by atoms with Gasteiger partial charge in [-0.15, -0.1) is 0 Å². The molecule has 162 valence electrons. The Labute approximate surface area is 174 Å². The van der Waals surface area contributed by atoms with Crippen LogP contribution >= 0.6 is 0 Å². The van der Waals surface area contributed by atoms with E-state index in [9.17, 15) is 13.2 Å². The first-order valence-corrected chi connectivity index (χ1v) is 11.3. The van der Waals surface area contributed by atoms with Crippen LogP contribution in [0.25, 0.3) is 0 Å². The Balaban J connectivity index is 1.30. The van der Waals surface area contributed by atoms with Crippen molar-refractivity contribution in [2.75, 3.05) is 39.4 Å². The standard InChI is InChI=1S/C19H24N4O6S/c1-14-20-18(29-21-14)3-2-4-19(24)22-7-9-23(10-8-22)30(25,26)15-5-6-16-17(13-15)28-12-11-27-16/h5-6,13H,2-4,7-12H2,1H3. The minimum absolute atomic E-state index is 0.00242. The molecule has 2 aliphatic heterocycles. The summed E-state index contributed by atoms with van der Waals surface area (Å²) in [7, 11) is -3.66. The molecule has 0 bridgehead atoms. The van der Waals surface area contributed by atoms with Gasteiger partial charge in [0.2, 0.25) is 21.8 Å². The number of carbonyl (C=O) groups is 1. The van der Waals surface area contributed by atoms with Crippen LogP contribution in [0, 0.1) is 6.92 Å². The van der Waals surface area contributed by atoms with E-state index in [1.165, 1.54) is 16.4 Å². The summed E-state index contributed by atoms with van der Waals surface area (Å²) in [6, 6.07) is 4.65.